The van der Waals surface area contributed by atoms with Crippen LogP contribution in [0.5, 0.6) is 0 Å². The van der Waals surface area contributed by atoms with Gasteiger partial charge in [-0.05, 0) is 78.1 Å². The van der Waals surface area contributed by atoms with Crippen LogP contribution in [0, 0.1) is 0 Å². The standard InChI is InChI=1S/C19H34O3Si2/c1-18(2,3)21-23(7,8)16-11-12-17(15(13-16)14-20)24(9,10)22-19(4,5)6/h11-14H,1-10H3. The molecular weight excluding hydrogens is 332 g/mol. The Morgan fingerprint density at radius 2 is 1.29 bits per heavy atom. The number of carbonyl (C=O) groups is 1. The lowest BCUT2D eigenvalue weighted by Crippen LogP contribution is -2.54. The van der Waals surface area contributed by atoms with E-state index < -0.39 is 16.6 Å². The largest absolute Gasteiger partial charge is 0.408 e. The van der Waals surface area contributed by atoms with E-state index in [1.54, 1.807) is 0 Å². The molecule has 136 valence electrons. The molecule has 3 nitrogen and oxygen atoms in total. The zero-order valence-electron chi connectivity index (χ0n) is 17.0. The number of hydrogen-bond acceptors (Lipinski definition) is 3. The summed E-state index contributed by atoms with van der Waals surface area (Å²) in [6, 6.07) is 6.22. The van der Waals surface area contributed by atoms with Crippen molar-refractivity contribution in [3.05, 3.63) is 23.8 Å². The third kappa shape index (κ3) is 5.95. The van der Waals surface area contributed by atoms with E-state index in [9.17, 15) is 4.79 Å². The second kappa shape index (κ2) is 6.86. The molecular formula is C19H34O3Si2. The van der Waals surface area contributed by atoms with Crippen LogP contribution < -0.4 is 10.4 Å². The minimum atomic E-state index is -2.17. The molecule has 24 heavy (non-hydrogen) atoms. The molecule has 1 aromatic rings. The van der Waals surface area contributed by atoms with Crippen LogP contribution in [0.3, 0.4) is 0 Å². The van der Waals surface area contributed by atoms with Gasteiger partial charge >= 0.3 is 0 Å². The van der Waals surface area contributed by atoms with Crippen molar-refractivity contribution >= 4 is 33.3 Å². The summed E-state index contributed by atoms with van der Waals surface area (Å²) < 4.78 is 12.6. The molecule has 1 aromatic carbocycles. The normalized spacial score (nSPS) is 13.9. The van der Waals surface area contributed by atoms with Gasteiger partial charge in [-0.2, -0.15) is 0 Å². The minimum absolute atomic E-state index is 0.195. The van der Waals surface area contributed by atoms with Crippen LogP contribution in [0.2, 0.25) is 26.2 Å². The van der Waals surface area contributed by atoms with Gasteiger partial charge in [0.15, 0.2) is 0 Å². The SMILES string of the molecule is CC(C)(C)O[Si](C)(C)c1ccc([Si](C)(C)OC(C)(C)C)c(C=O)c1. The molecule has 0 heterocycles. The number of carbonyl (C=O) groups excluding carboxylic acids is 1. The summed E-state index contributed by atoms with van der Waals surface area (Å²) in [6.45, 7) is 21.0. The van der Waals surface area contributed by atoms with Gasteiger partial charge in [0.1, 0.15) is 6.29 Å². The Morgan fingerprint density at radius 1 is 0.833 bits per heavy atom. The molecule has 0 aliphatic rings. The molecule has 1 rings (SSSR count). The minimum Gasteiger partial charge on any atom is -0.408 e. The Bertz CT molecular complexity index is 594. The molecule has 0 N–H and O–H groups in total. The average molecular weight is 367 g/mol. The fourth-order valence-electron chi connectivity index (χ4n) is 3.23. The molecule has 0 aliphatic carbocycles. The molecule has 0 amide bonds. The monoisotopic (exact) mass is 366 g/mol. The third-order valence-electron chi connectivity index (χ3n) is 3.65. The highest BCUT2D eigenvalue weighted by Gasteiger charge is 2.35. The van der Waals surface area contributed by atoms with Crippen molar-refractivity contribution in [3.63, 3.8) is 0 Å². The van der Waals surface area contributed by atoms with Gasteiger partial charge in [-0.3, -0.25) is 4.79 Å². The van der Waals surface area contributed by atoms with E-state index in [4.69, 9.17) is 8.85 Å². The lowest BCUT2D eigenvalue weighted by Gasteiger charge is -2.35. The maximum absolute atomic E-state index is 11.7. The van der Waals surface area contributed by atoms with E-state index in [2.05, 4.69) is 79.9 Å². The quantitative estimate of drug-likeness (QED) is 0.584. The van der Waals surface area contributed by atoms with Gasteiger partial charge in [0.25, 0.3) is 0 Å². The molecule has 0 aromatic heterocycles. The van der Waals surface area contributed by atoms with Crippen molar-refractivity contribution in [1.82, 2.24) is 0 Å². The first-order chi connectivity index (χ1) is 10.6. The molecule has 0 spiro atoms. The number of benzene rings is 1. The molecule has 0 atom stereocenters. The Morgan fingerprint density at radius 3 is 1.71 bits per heavy atom. The van der Waals surface area contributed by atoms with E-state index in [-0.39, 0.29) is 11.2 Å². The Kier molecular flexibility index (Phi) is 6.09. The molecule has 0 saturated heterocycles. The van der Waals surface area contributed by atoms with Crippen molar-refractivity contribution in [3.8, 4) is 0 Å². The van der Waals surface area contributed by atoms with Crippen molar-refractivity contribution < 1.29 is 13.6 Å². The van der Waals surface area contributed by atoms with Crippen LogP contribution in [0.25, 0.3) is 0 Å². The van der Waals surface area contributed by atoms with Gasteiger partial charge in [0.2, 0.25) is 16.6 Å². The molecule has 5 heteroatoms. The first-order valence-corrected chi connectivity index (χ1v) is 14.4. The highest BCUT2D eigenvalue weighted by Crippen LogP contribution is 2.20. The van der Waals surface area contributed by atoms with Gasteiger partial charge < -0.3 is 8.85 Å². The van der Waals surface area contributed by atoms with Crippen LogP contribution in [0.15, 0.2) is 18.2 Å². The number of hydrogen-bond donors (Lipinski definition) is 0. The zero-order valence-corrected chi connectivity index (χ0v) is 19.0. The van der Waals surface area contributed by atoms with E-state index in [1.165, 1.54) is 0 Å². The summed E-state index contributed by atoms with van der Waals surface area (Å²) >= 11 is 0. The summed E-state index contributed by atoms with van der Waals surface area (Å²) in [4.78, 5) is 11.7. The van der Waals surface area contributed by atoms with Crippen LogP contribution in [0.4, 0.5) is 0 Å². The Labute approximate surface area is 150 Å². The van der Waals surface area contributed by atoms with E-state index >= 15 is 0 Å². The summed E-state index contributed by atoms with van der Waals surface area (Å²) in [6.07, 6.45) is 0.959. The Hall–Kier alpha value is -0.756. The van der Waals surface area contributed by atoms with Crippen molar-refractivity contribution in [2.45, 2.75) is 78.9 Å². The fourth-order valence-corrected chi connectivity index (χ4v) is 8.82. The summed E-state index contributed by atoms with van der Waals surface area (Å²) in [5.74, 6) is 0. The smallest absolute Gasteiger partial charge is 0.219 e. The maximum atomic E-state index is 11.7. The topological polar surface area (TPSA) is 35.5 Å². The van der Waals surface area contributed by atoms with Crippen molar-refractivity contribution in [2.24, 2.45) is 0 Å². The van der Waals surface area contributed by atoms with Crippen LogP contribution in [-0.2, 0) is 8.85 Å². The lowest BCUT2D eigenvalue weighted by atomic mass is 10.2. The number of rotatable bonds is 5. The van der Waals surface area contributed by atoms with Crippen LogP contribution in [-0.4, -0.2) is 34.1 Å². The highest BCUT2D eigenvalue weighted by molar-refractivity contribution is 6.86. The van der Waals surface area contributed by atoms with Gasteiger partial charge in [-0.1, -0.05) is 18.2 Å². The number of aldehydes is 1. The molecule has 0 bridgehead atoms. The van der Waals surface area contributed by atoms with Gasteiger partial charge in [-0.15, -0.1) is 0 Å². The lowest BCUT2D eigenvalue weighted by molar-refractivity contribution is 0.111. The summed E-state index contributed by atoms with van der Waals surface area (Å²) in [7, 11) is -4.24. The van der Waals surface area contributed by atoms with Crippen LogP contribution >= 0.6 is 0 Å². The molecule has 0 unspecified atom stereocenters. The van der Waals surface area contributed by atoms with Gasteiger partial charge in [-0.25, -0.2) is 0 Å². The van der Waals surface area contributed by atoms with Crippen molar-refractivity contribution in [2.75, 3.05) is 0 Å². The molecule has 0 saturated carbocycles. The van der Waals surface area contributed by atoms with E-state index in [1.807, 2.05) is 6.07 Å². The van der Waals surface area contributed by atoms with E-state index in [0.717, 1.165) is 22.2 Å². The Balaban J connectivity index is 3.29. The predicted octanol–water partition coefficient (Wildman–Crippen LogP) is 3.95. The second-order valence-electron chi connectivity index (χ2n) is 9.37. The van der Waals surface area contributed by atoms with Gasteiger partial charge in [0, 0.05) is 16.8 Å². The first kappa shape index (κ1) is 21.3. The van der Waals surface area contributed by atoms with Crippen molar-refractivity contribution in [1.29, 1.82) is 0 Å². The van der Waals surface area contributed by atoms with Crippen LogP contribution in [0.1, 0.15) is 51.9 Å². The first-order valence-electron chi connectivity index (χ1n) is 8.58. The zero-order chi connectivity index (χ0) is 19.0. The second-order valence-corrected chi connectivity index (χ2v) is 16.9. The summed E-state index contributed by atoms with van der Waals surface area (Å²) in [5, 5.41) is 2.19. The maximum Gasteiger partial charge on any atom is 0.219 e. The molecule has 0 radical (unpaired) electrons. The third-order valence-corrected chi connectivity index (χ3v) is 9.34. The van der Waals surface area contributed by atoms with Gasteiger partial charge in [0.05, 0.1) is 0 Å². The molecule has 0 aliphatic heterocycles. The predicted molar refractivity (Wildman–Crippen MR) is 108 cm³/mol. The molecule has 0 fully saturated rings. The highest BCUT2D eigenvalue weighted by atomic mass is 28.4. The average Bonchev–Trinajstić information content (AvgIpc) is 2.32. The van der Waals surface area contributed by atoms with E-state index in [0.29, 0.717) is 0 Å². The summed E-state index contributed by atoms with van der Waals surface area (Å²) in [5.41, 5.74) is 0.323. The fraction of sp³-hybridized carbons (Fsp3) is 0.632.